The van der Waals surface area contributed by atoms with Crippen molar-refractivity contribution >= 4 is 0 Å². The Bertz CT molecular complexity index is 457. The van der Waals surface area contributed by atoms with Crippen LogP contribution in [-0.4, -0.2) is 15.0 Å². The van der Waals surface area contributed by atoms with E-state index in [2.05, 4.69) is 20.4 Å². The van der Waals surface area contributed by atoms with Crippen LogP contribution in [0.15, 0.2) is 36.9 Å². The Labute approximate surface area is 93.7 Å². The Morgan fingerprint density at radius 2 is 2.12 bits per heavy atom. The Balaban J connectivity index is 2.37. The normalized spacial score (nSPS) is 12.4. The van der Waals surface area contributed by atoms with Gasteiger partial charge in [0.05, 0.1) is 17.9 Å². The molecular weight excluding hydrogens is 202 g/mol. The van der Waals surface area contributed by atoms with Crippen LogP contribution in [0.1, 0.15) is 23.0 Å². The molecule has 0 aromatic carbocycles. The number of nitrogens with one attached hydrogen (secondary N) is 1. The highest BCUT2D eigenvalue weighted by Gasteiger charge is 2.13. The molecule has 0 aliphatic heterocycles. The molecule has 0 aliphatic rings. The molecule has 0 amide bonds. The monoisotopic (exact) mass is 215 g/mol. The van der Waals surface area contributed by atoms with E-state index in [1.165, 1.54) is 0 Å². The summed E-state index contributed by atoms with van der Waals surface area (Å²) in [6.07, 6.45) is 6.73. The van der Waals surface area contributed by atoms with E-state index in [-0.39, 0.29) is 6.04 Å². The maximum absolute atomic E-state index is 5.55. The average molecular weight is 215 g/mol. The number of rotatable bonds is 3. The summed E-state index contributed by atoms with van der Waals surface area (Å²) in [5, 5.41) is 0. The van der Waals surface area contributed by atoms with Crippen molar-refractivity contribution in [3.63, 3.8) is 0 Å². The molecule has 0 bridgehead atoms. The van der Waals surface area contributed by atoms with Crippen molar-refractivity contribution in [2.24, 2.45) is 5.84 Å². The van der Waals surface area contributed by atoms with Crippen LogP contribution in [0.5, 0.6) is 0 Å². The van der Waals surface area contributed by atoms with Crippen LogP contribution in [0.25, 0.3) is 0 Å². The Hall–Kier alpha value is -1.85. The number of hydrogen-bond acceptors (Lipinski definition) is 5. The standard InChI is InChI=1S/C11H13N5/c1-8-6-9(2-3-14-8)11(16-12)10-7-13-4-5-15-10/h2-7,11,16H,12H2,1H3. The fourth-order valence-electron chi connectivity index (χ4n) is 1.56. The maximum atomic E-state index is 5.55. The van der Waals surface area contributed by atoms with Gasteiger partial charge in [0.15, 0.2) is 0 Å². The summed E-state index contributed by atoms with van der Waals surface area (Å²) in [5.74, 6) is 5.55. The van der Waals surface area contributed by atoms with Crippen LogP contribution in [-0.2, 0) is 0 Å². The summed E-state index contributed by atoms with van der Waals surface area (Å²) in [6, 6.07) is 3.72. The van der Waals surface area contributed by atoms with E-state index < -0.39 is 0 Å². The summed E-state index contributed by atoms with van der Waals surface area (Å²) in [7, 11) is 0. The average Bonchev–Trinajstić information content (AvgIpc) is 2.31. The molecule has 2 heterocycles. The van der Waals surface area contributed by atoms with Gasteiger partial charge in [-0.05, 0) is 24.6 Å². The lowest BCUT2D eigenvalue weighted by Crippen LogP contribution is -2.29. The number of hydrazine groups is 1. The molecule has 0 radical (unpaired) electrons. The molecule has 2 aromatic rings. The second kappa shape index (κ2) is 4.78. The highest BCUT2D eigenvalue weighted by molar-refractivity contribution is 5.26. The fourth-order valence-corrected chi connectivity index (χ4v) is 1.56. The van der Waals surface area contributed by atoms with Gasteiger partial charge in [-0.1, -0.05) is 0 Å². The van der Waals surface area contributed by atoms with E-state index >= 15 is 0 Å². The summed E-state index contributed by atoms with van der Waals surface area (Å²) >= 11 is 0. The fraction of sp³-hybridized carbons (Fsp3) is 0.182. The summed E-state index contributed by atoms with van der Waals surface area (Å²) < 4.78 is 0. The molecule has 16 heavy (non-hydrogen) atoms. The predicted octanol–water partition coefficient (Wildman–Crippen LogP) is 0.733. The molecule has 2 rings (SSSR count). The SMILES string of the molecule is Cc1cc(C(NN)c2cnccn2)ccn1. The van der Waals surface area contributed by atoms with E-state index in [9.17, 15) is 0 Å². The van der Waals surface area contributed by atoms with E-state index in [0.717, 1.165) is 17.0 Å². The minimum atomic E-state index is -0.157. The van der Waals surface area contributed by atoms with E-state index in [1.54, 1.807) is 24.8 Å². The molecule has 5 nitrogen and oxygen atoms in total. The number of aromatic nitrogens is 3. The van der Waals surface area contributed by atoms with Crippen molar-refractivity contribution in [1.29, 1.82) is 0 Å². The van der Waals surface area contributed by atoms with Crippen LogP contribution in [0.2, 0.25) is 0 Å². The Kier molecular flexibility index (Phi) is 3.19. The molecular formula is C11H13N5. The number of aryl methyl sites for hydroxylation is 1. The third-order valence-electron chi connectivity index (χ3n) is 2.30. The van der Waals surface area contributed by atoms with Crippen molar-refractivity contribution in [3.8, 4) is 0 Å². The number of nitrogens with two attached hydrogens (primary N) is 1. The van der Waals surface area contributed by atoms with Crippen molar-refractivity contribution in [1.82, 2.24) is 20.4 Å². The zero-order valence-corrected chi connectivity index (χ0v) is 8.96. The molecule has 5 heteroatoms. The largest absolute Gasteiger partial charge is 0.271 e. The molecule has 3 N–H and O–H groups in total. The van der Waals surface area contributed by atoms with Gasteiger partial charge in [0.2, 0.25) is 0 Å². The Morgan fingerprint density at radius 3 is 2.75 bits per heavy atom. The van der Waals surface area contributed by atoms with Crippen molar-refractivity contribution in [2.75, 3.05) is 0 Å². The summed E-state index contributed by atoms with van der Waals surface area (Å²) in [5.41, 5.74) is 5.49. The van der Waals surface area contributed by atoms with Gasteiger partial charge in [0, 0.05) is 24.3 Å². The van der Waals surface area contributed by atoms with E-state index in [0.29, 0.717) is 0 Å². The van der Waals surface area contributed by atoms with Crippen molar-refractivity contribution in [3.05, 3.63) is 53.9 Å². The Morgan fingerprint density at radius 1 is 1.25 bits per heavy atom. The van der Waals surface area contributed by atoms with Crippen LogP contribution in [0.3, 0.4) is 0 Å². The smallest absolute Gasteiger partial charge is 0.0898 e. The predicted molar refractivity (Wildman–Crippen MR) is 60.2 cm³/mol. The highest BCUT2D eigenvalue weighted by atomic mass is 15.2. The van der Waals surface area contributed by atoms with Crippen LogP contribution in [0.4, 0.5) is 0 Å². The van der Waals surface area contributed by atoms with Gasteiger partial charge in [-0.3, -0.25) is 20.8 Å². The molecule has 1 atom stereocenters. The zero-order chi connectivity index (χ0) is 11.4. The lowest BCUT2D eigenvalue weighted by atomic mass is 10.1. The topological polar surface area (TPSA) is 76.7 Å². The second-order valence-corrected chi connectivity index (χ2v) is 3.46. The van der Waals surface area contributed by atoms with Gasteiger partial charge in [0.25, 0.3) is 0 Å². The first-order chi connectivity index (χ1) is 7.81. The lowest BCUT2D eigenvalue weighted by molar-refractivity contribution is 0.616. The zero-order valence-electron chi connectivity index (χ0n) is 8.96. The molecule has 0 saturated carbocycles. The quantitative estimate of drug-likeness (QED) is 0.583. The molecule has 0 aliphatic carbocycles. The first kappa shape index (κ1) is 10.7. The molecule has 2 aromatic heterocycles. The molecule has 0 saturated heterocycles. The minimum Gasteiger partial charge on any atom is -0.271 e. The van der Waals surface area contributed by atoms with Crippen molar-refractivity contribution in [2.45, 2.75) is 13.0 Å². The molecule has 0 fully saturated rings. The summed E-state index contributed by atoms with van der Waals surface area (Å²) in [4.78, 5) is 12.4. The van der Waals surface area contributed by atoms with Crippen LogP contribution >= 0.6 is 0 Å². The number of nitrogens with zero attached hydrogens (tertiary/aromatic N) is 3. The van der Waals surface area contributed by atoms with Crippen LogP contribution < -0.4 is 11.3 Å². The maximum Gasteiger partial charge on any atom is 0.0898 e. The van der Waals surface area contributed by atoms with Gasteiger partial charge in [-0.25, -0.2) is 5.43 Å². The number of pyridine rings is 1. The minimum absolute atomic E-state index is 0.157. The number of hydrogen-bond donors (Lipinski definition) is 2. The first-order valence-corrected chi connectivity index (χ1v) is 4.96. The van der Waals surface area contributed by atoms with E-state index in [1.807, 2.05) is 19.1 Å². The second-order valence-electron chi connectivity index (χ2n) is 3.46. The van der Waals surface area contributed by atoms with Gasteiger partial charge >= 0.3 is 0 Å². The van der Waals surface area contributed by atoms with Crippen LogP contribution in [0, 0.1) is 6.92 Å². The highest BCUT2D eigenvalue weighted by Crippen LogP contribution is 2.18. The van der Waals surface area contributed by atoms with Crippen molar-refractivity contribution < 1.29 is 0 Å². The van der Waals surface area contributed by atoms with Gasteiger partial charge in [0.1, 0.15) is 0 Å². The molecule has 1 unspecified atom stereocenters. The lowest BCUT2D eigenvalue weighted by Gasteiger charge is -2.15. The third kappa shape index (κ3) is 2.21. The first-order valence-electron chi connectivity index (χ1n) is 4.96. The van der Waals surface area contributed by atoms with Gasteiger partial charge < -0.3 is 0 Å². The molecule has 0 spiro atoms. The van der Waals surface area contributed by atoms with Gasteiger partial charge in [-0.15, -0.1) is 0 Å². The summed E-state index contributed by atoms with van der Waals surface area (Å²) in [6.45, 7) is 1.94. The third-order valence-corrected chi connectivity index (χ3v) is 2.30. The molecule has 82 valence electrons. The van der Waals surface area contributed by atoms with Gasteiger partial charge in [-0.2, -0.15) is 0 Å². The van der Waals surface area contributed by atoms with E-state index in [4.69, 9.17) is 5.84 Å².